The van der Waals surface area contributed by atoms with Crippen molar-refractivity contribution in [1.82, 2.24) is 4.90 Å². The van der Waals surface area contributed by atoms with Gasteiger partial charge in [0.1, 0.15) is 11.4 Å². The molecular weight excluding hydrogens is 340 g/mol. The lowest BCUT2D eigenvalue weighted by molar-refractivity contribution is -0.120. The standard InChI is InChI=1S/C22H22N2O3/c1-2-27-18-12-10-17(11-13-18)24-21(25)19(16-8-4-3-5-9-16)20(22(24)26)23-14-6-7-15-23/h3-5,8-13H,2,6-7,14-15H2,1H3. The smallest absolute Gasteiger partial charge is 0.282 e. The lowest BCUT2D eigenvalue weighted by atomic mass is 10.0. The summed E-state index contributed by atoms with van der Waals surface area (Å²) < 4.78 is 5.46. The van der Waals surface area contributed by atoms with Gasteiger partial charge in [0.25, 0.3) is 11.8 Å². The molecule has 2 aromatic rings. The van der Waals surface area contributed by atoms with E-state index in [0.717, 1.165) is 37.2 Å². The molecule has 1 saturated heterocycles. The van der Waals surface area contributed by atoms with Crippen molar-refractivity contribution in [1.29, 1.82) is 0 Å². The molecule has 5 nitrogen and oxygen atoms in total. The molecule has 0 N–H and O–H groups in total. The summed E-state index contributed by atoms with van der Waals surface area (Å²) in [6, 6.07) is 16.6. The van der Waals surface area contributed by atoms with Crippen molar-refractivity contribution in [3.63, 3.8) is 0 Å². The number of likely N-dealkylation sites (tertiary alicyclic amines) is 1. The van der Waals surface area contributed by atoms with Gasteiger partial charge in [-0.1, -0.05) is 30.3 Å². The van der Waals surface area contributed by atoms with Gasteiger partial charge in [0.2, 0.25) is 0 Å². The molecule has 0 spiro atoms. The number of amides is 2. The quantitative estimate of drug-likeness (QED) is 0.765. The van der Waals surface area contributed by atoms with E-state index in [1.807, 2.05) is 37.3 Å². The summed E-state index contributed by atoms with van der Waals surface area (Å²) in [4.78, 5) is 29.9. The maximum absolute atomic E-state index is 13.3. The fourth-order valence-corrected chi connectivity index (χ4v) is 3.71. The number of nitrogens with zero attached hydrogens (tertiary/aromatic N) is 2. The first kappa shape index (κ1) is 17.3. The van der Waals surface area contributed by atoms with Gasteiger partial charge in [-0.2, -0.15) is 0 Å². The maximum atomic E-state index is 13.3. The Morgan fingerprint density at radius 2 is 1.56 bits per heavy atom. The van der Waals surface area contributed by atoms with E-state index < -0.39 is 0 Å². The average molecular weight is 362 g/mol. The van der Waals surface area contributed by atoms with Gasteiger partial charge >= 0.3 is 0 Å². The van der Waals surface area contributed by atoms with Crippen LogP contribution < -0.4 is 9.64 Å². The second-order valence-electron chi connectivity index (χ2n) is 6.66. The van der Waals surface area contributed by atoms with Crippen LogP contribution in [-0.2, 0) is 9.59 Å². The van der Waals surface area contributed by atoms with Crippen molar-refractivity contribution >= 4 is 23.1 Å². The molecule has 1 fully saturated rings. The Balaban J connectivity index is 1.75. The zero-order valence-corrected chi connectivity index (χ0v) is 15.4. The van der Waals surface area contributed by atoms with E-state index >= 15 is 0 Å². The molecule has 138 valence electrons. The molecule has 0 aromatic heterocycles. The summed E-state index contributed by atoms with van der Waals surface area (Å²) >= 11 is 0. The van der Waals surface area contributed by atoms with Crippen molar-refractivity contribution in [2.75, 3.05) is 24.6 Å². The molecule has 2 aromatic carbocycles. The molecule has 0 atom stereocenters. The number of benzene rings is 2. The Bertz CT molecular complexity index is 882. The first-order valence-corrected chi connectivity index (χ1v) is 9.37. The average Bonchev–Trinajstić information content (AvgIpc) is 3.30. The molecule has 0 saturated carbocycles. The first-order chi connectivity index (χ1) is 13.2. The van der Waals surface area contributed by atoms with E-state index in [1.165, 1.54) is 4.90 Å². The van der Waals surface area contributed by atoms with Crippen LogP contribution in [-0.4, -0.2) is 36.4 Å². The number of carbonyl (C=O) groups excluding carboxylic acids is 2. The Kier molecular flexibility index (Phi) is 4.67. The zero-order valence-electron chi connectivity index (χ0n) is 15.4. The number of hydrogen-bond donors (Lipinski definition) is 0. The van der Waals surface area contributed by atoms with Gasteiger partial charge in [0, 0.05) is 13.1 Å². The predicted molar refractivity (Wildman–Crippen MR) is 104 cm³/mol. The number of rotatable bonds is 5. The van der Waals surface area contributed by atoms with Crippen molar-refractivity contribution in [3.8, 4) is 5.75 Å². The Morgan fingerprint density at radius 1 is 0.889 bits per heavy atom. The lowest BCUT2D eigenvalue weighted by Crippen LogP contribution is -2.34. The van der Waals surface area contributed by atoms with Crippen molar-refractivity contribution < 1.29 is 14.3 Å². The van der Waals surface area contributed by atoms with Gasteiger partial charge in [0.15, 0.2) is 0 Å². The highest BCUT2D eigenvalue weighted by molar-refractivity contribution is 6.45. The Hall–Kier alpha value is -3.08. The van der Waals surface area contributed by atoms with E-state index in [2.05, 4.69) is 4.90 Å². The fourth-order valence-electron chi connectivity index (χ4n) is 3.71. The molecule has 0 bridgehead atoms. The molecular formula is C22H22N2O3. The largest absolute Gasteiger partial charge is 0.494 e. The number of anilines is 1. The van der Waals surface area contributed by atoms with Gasteiger partial charge in [-0.25, -0.2) is 4.90 Å². The Morgan fingerprint density at radius 3 is 2.19 bits per heavy atom. The SMILES string of the molecule is CCOc1ccc(N2C(=O)C(c3ccccc3)=C(N3CCCC3)C2=O)cc1. The number of ether oxygens (including phenoxy) is 1. The summed E-state index contributed by atoms with van der Waals surface area (Å²) in [6.45, 7) is 4.10. The van der Waals surface area contributed by atoms with E-state index in [9.17, 15) is 9.59 Å². The summed E-state index contributed by atoms with van der Waals surface area (Å²) in [5.41, 5.74) is 2.37. The van der Waals surface area contributed by atoms with Crippen LogP contribution in [0.25, 0.3) is 5.57 Å². The summed E-state index contributed by atoms with van der Waals surface area (Å²) in [5.74, 6) is 0.207. The molecule has 5 heteroatoms. The minimum atomic E-state index is -0.266. The van der Waals surface area contributed by atoms with Crippen LogP contribution in [0.15, 0.2) is 60.3 Å². The van der Waals surface area contributed by atoms with E-state index in [4.69, 9.17) is 4.74 Å². The summed E-state index contributed by atoms with van der Waals surface area (Å²) in [7, 11) is 0. The summed E-state index contributed by atoms with van der Waals surface area (Å²) in [5, 5.41) is 0. The van der Waals surface area contributed by atoms with Crippen LogP contribution in [0.1, 0.15) is 25.3 Å². The van der Waals surface area contributed by atoms with Gasteiger partial charge < -0.3 is 9.64 Å². The predicted octanol–water partition coefficient (Wildman–Crippen LogP) is 3.47. The van der Waals surface area contributed by atoms with Gasteiger partial charge in [-0.3, -0.25) is 9.59 Å². The van der Waals surface area contributed by atoms with Crippen LogP contribution in [0.3, 0.4) is 0 Å². The van der Waals surface area contributed by atoms with E-state index in [1.54, 1.807) is 24.3 Å². The highest BCUT2D eigenvalue weighted by atomic mass is 16.5. The minimum Gasteiger partial charge on any atom is -0.494 e. The number of carbonyl (C=O) groups is 2. The Labute approximate surface area is 158 Å². The van der Waals surface area contributed by atoms with Gasteiger partial charge in [0.05, 0.1) is 17.9 Å². The van der Waals surface area contributed by atoms with Gasteiger partial charge in [-0.05, 0) is 49.6 Å². The van der Waals surface area contributed by atoms with Crippen LogP contribution in [0.5, 0.6) is 5.75 Å². The summed E-state index contributed by atoms with van der Waals surface area (Å²) in [6.07, 6.45) is 2.08. The molecule has 4 rings (SSSR count). The lowest BCUT2D eigenvalue weighted by Gasteiger charge is -2.20. The topological polar surface area (TPSA) is 49.9 Å². The second-order valence-corrected chi connectivity index (χ2v) is 6.66. The second kappa shape index (κ2) is 7.27. The van der Waals surface area contributed by atoms with Gasteiger partial charge in [-0.15, -0.1) is 0 Å². The van der Waals surface area contributed by atoms with E-state index in [0.29, 0.717) is 23.6 Å². The molecule has 0 aliphatic carbocycles. The molecule has 2 heterocycles. The first-order valence-electron chi connectivity index (χ1n) is 9.37. The minimum absolute atomic E-state index is 0.245. The van der Waals surface area contributed by atoms with Crippen molar-refractivity contribution in [3.05, 3.63) is 65.9 Å². The van der Waals surface area contributed by atoms with Crippen molar-refractivity contribution in [2.24, 2.45) is 0 Å². The monoisotopic (exact) mass is 362 g/mol. The third kappa shape index (κ3) is 3.10. The normalized spacial score (nSPS) is 17.2. The third-order valence-corrected chi connectivity index (χ3v) is 4.95. The van der Waals surface area contributed by atoms with Crippen LogP contribution >= 0.6 is 0 Å². The van der Waals surface area contributed by atoms with E-state index in [-0.39, 0.29) is 11.8 Å². The van der Waals surface area contributed by atoms with Crippen LogP contribution in [0.2, 0.25) is 0 Å². The zero-order chi connectivity index (χ0) is 18.8. The molecule has 0 unspecified atom stereocenters. The molecule has 27 heavy (non-hydrogen) atoms. The van der Waals surface area contributed by atoms with Crippen LogP contribution in [0, 0.1) is 0 Å². The highest BCUT2D eigenvalue weighted by Crippen LogP contribution is 2.36. The maximum Gasteiger partial charge on any atom is 0.282 e. The molecule has 2 amide bonds. The molecule has 0 radical (unpaired) electrons. The molecule has 2 aliphatic rings. The third-order valence-electron chi connectivity index (χ3n) is 4.95. The fraction of sp³-hybridized carbons (Fsp3) is 0.273. The van der Waals surface area contributed by atoms with Crippen LogP contribution in [0.4, 0.5) is 5.69 Å². The highest BCUT2D eigenvalue weighted by Gasteiger charge is 2.42. The van der Waals surface area contributed by atoms with Crippen molar-refractivity contribution in [2.45, 2.75) is 19.8 Å². The number of imide groups is 1. The number of hydrogen-bond acceptors (Lipinski definition) is 4. The molecule has 2 aliphatic heterocycles.